The maximum absolute atomic E-state index is 12.9. The molecule has 2 aromatic rings. The first-order valence-corrected chi connectivity index (χ1v) is 10.5. The Morgan fingerprint density at radius 3 is 2.42 bits per heavy atom. The van der Waals surface area contributed by atoms with E-state index in [1.807, 2.05) is 0 Å². The minimum atomic E-state index is -0.513. The number of benzene rings is 1. The number of nitro benzene ring substituents is 1. The van der Waals surface area contributed by atoms with E-state index in [-0.39, 0.29) is 41.2 Å². The van der Waals surface area contributed by atoms with Gasteiger partial charge in [-0.1, -0.05) is 23.8 Å². The zero-order chi connectivity index (χ0) is 21.4. The number of imide groups is 1. The van der Waals surface area contributed by atoms with Gasteiger partial charge in [-0.2, -0.15) is 10.1 Å². The molecule has 0 radical (unpaired) electrons. The van der Waals surface area contributed by atoms with Gasteiger partial charge in [0.15, 0.2) is 0 Å². The molecule has 2 bridgehead atoms. The lowest BCUT2D eigenvalue weighted by Gasteiger charge is -2.37. The Bertz CT molecular complexity index is 1180. The highest BCUT2D eigenvalue weighted by molar-refractivity contribution is 6.33. The number of carbonyl (C=O) groups is 2. The Labute approximate surface area is 181 Å². The van der Waals surface area contributed by atoms with Crippen molar-refractivity contribution in [3.05, 3.63) is 63.4 Å². The fraction of sp³-hybridized carbons (Fsp3) is 0.318. The van der Waals surface area contributed by atoms with Crippen LogP contribution in [0.1, 0.15) is 12.2 Å². The van der Waals surface area contributed by atoms with Gasteiger partial charge < -0.3 is 4.42 Å². The number of hydrogen-bond acceptors (Lipinski definition) is 6. The van der Waals surface area contributed by atoms with Crippen LogP contribution in [0.15, 0.2) is 52.0 Å². The van der Waals surface area contributed by atoms with Gasteiger partial charge in [-0.05, 0) is 48.3 Å². The molecule has 8 nitrogen and oxygen atoms in total. The Balaban J connectivity index is 1.25. The predicted octanol–water partition coefficient (Wildman–Crippen LogP) is 3.90. The molecule has 1 saturated heterocycles. The molecule has 5 aliphatic rings. The van der Waals surface area contributed by atoms with Crippen LogP contribution in [0.4, 0.5) is 5.69 Å². The Morgan fingerprint density at radius 1 is 1.10 bits per heavy atom. The van der Waals surface area contributed by atoms with Crippen LogP contribution in [0.3, 0.4) is 0 Å². The van der Waals surface area contributed by atoms with E-state index in [2.05, 4.69) is 17.3 Å². The highest BCUT2D eigenvalue weighted by atomic mass is 35.5. The molecule has 4 aliphatic carbocycles. The van der Waals surface area contributed by atoms with Crippen LogP contribution in [0.25, 0.3) is 11.3 Å². The topological polar surface area (TPSA) is 106 Å². The van der Waals surface area contributed by atoms with Crippen molar-refractivity contribution >= 4 is 35.3 Å². The molecular weight excluding hydrogens is 422 g/mol. The lowest BCUT2D eigenvalue weighted by Crippen LogP contribution is -2.40. The summed E-state index contributed by atoms with van der Waals surface area (Å²) in [7, 11) is 0. The summed E-state index contributed by atoms with van der Waals surface area (Å²) >= 11 is 6.16. The van der Waals surface area contributed by atoms with E-state index in [1.54, 1.807) is 12.1 Å². The van der Waals surface area contributed by atoms with Gasteiger partial charge in [-0.15, -0.1) is 0 Å². The van der Waals surface area contributed by atoms with Crippen molar-refractivity contribution < 1.29 is 18.9 Å². The number of rotatable bonds is 4. The molecule has 3 fully saturated rings. The number of furan rings is 1. The number of hydrogen-bond donors (Lipinski definition) is 0. The van der Waals surface area contributed by atoms with Crippen LogP contribution >= 0.6 is 11.6 Å². The van der Waals surface area contributed by atoms with Crippen LogP contribution in [-0.4, -0.2) is 28.0 Å². The third-order valence-electron chi connectivity index (χ3n) is 6.99. The summed E-state index contributed by atoms with van der Waals surface area (Å²) in [6, 6.07) is 7.28. The first kappa shape index (κ1) is 18.5. The molecule has 7 rings (SSSR count). The Morgan fingerprint density at radius 2 is 1.77 bits per heavy atom. The molecule has 31 heavy (non-hydrogen) atoms. The molecule has 1 aliphatic heterocycles. The standard InChI is InChI=1S/C22H16ClN3O5/c23-17-5-1-10(26(29)30)7-16(17)18-6-2-11(31-18)9-24-25-21(27)19-12-3-4-13(15-8-14(12)15)20(19)22(25)28/h1-7,9,12-15,19-20H,8H2/b24-9-/t12-,13-,14-,15+,19-,20-/m1/s1. The minimum Gasteiger partial charge on any atom is -0.455 e. The number of nitro groups is 1. The second-order valence-electron chi connectivity index (χ2n) is 8.51. The van der Waals surface area contributed by atoms with E-state index in [4.69, 9.17) is 16.0 Å². The summed E-state index contributed by atoms with van der Waals surface area (Å²) in [5.41, 5.74) is 0.264. The molecule has 2 amide bonds. The molecule has 1 aromatic carbocycles. The fourth-order valence-electron chi connectivity index (χ4n) is 5.55. The monoisotopic (exact) mass is 437 g/mol. The normalized spacial score (nSPS) is 32.6. The number of hydrazone groups is 1. The predicted molar refractivity (Wildman–Crippen MR) is 110 cm³/mol. The van der Waals surface area contributed by atoms with Crippen LogP contribution < -0.4 is 0 Å². The fourth-order valence-corrected chi connectivity index (χ4v) is 5.76. The summed E-state index contributed by atoms with van der Waals surface area (Å²) in [6.45, 7) is 0. The molecule has 2 heterocycles. The zero-order valence-electron chi connectivity index (χ0n) is 16.1. The van der Waals surface area contributed by atoms with Crippen molar-refractivity contribution in [2.24, 2.45) is 40.6 Å². The number of allylic oxidation sites excluding steroid dienone is 2. The molecular formula is C22H16ClN3O5. The maximum atomic E-state index is 12.9. The van der Waals surface area contributed by atoms with E-state index in [9.17, 15) is 19.7 Å². The van der Waals surface area contributed by atoms with E-state index >= 15 is 0 Å². The lowest BCUT2D eigenvalue weighted by atomic mass is 9.63. The molecule has 9 heteroatoms. The summed E-state index contributed by atoms with van der Waals surface area (Å²) in [5, 5.41) is 16.5. The van der Waals surface area contributed by atoms with Gasteiger partial charge in [-0.25, -0.2) is 0 Å². The van der Waals surface area contributed by atoms with Gasteiger partial charge in [0, 0.05) is 17.7 Å². The highest BCUT2D eigenvalue weighted by Gasteiger charge is 2.67. The van der Waals surface area contributed by atoms with Crippen molar-refractivity contribution in [2.75, 3.05) is 0 Å². The summed E-state index contributed by atoms with van der Waals surface area (Å²) in [6.07, 6.45) is 6.65. The minimum absolute atomic E-state index is 0.108. The maximum Gasteiger partial charge on any atom is 0.270 e. The second kappa shape index (κ2) is 6.37. The van der Waals surface area contributed by atoms with Gasteiger partial charge in [0.25, 0.3) is 17.5 Å². The van der Waals surface area contributed by atoms with Gasteiger partial charge in [-0.3, -0.25) is 19.7 Å². The molecule has 0 unspecified atom stereocenters. The molecule has 0 N–H and O–H groups in total. The largest absolute Gasteiger partial charge is 0.455 e. The smallest absolute Gasteiger partial charge is 0.270 e. The quantitative estimate of drug-likeness (QED) is 0.237. The highest BCUT2D eigenvalue weighted by Crippen LogP contribution is 2.65. The Hall–Kier alpha value is -3.26. The number of nitrogens with zero attached hydrogens (tertiary/aromatic N) is 3. The first-order chi connectivity index (χ1) is 14.9. The third-order valence-corrected chi connectivity index (χ3v) is 7.32. The zero-order valence-corrected chi connectivity index (χ0v) is 16.8. The first-order valence-electron chi connectivity index (χ1n) is 10.1. The molecule has 156 valence electrons. The Kier molecular flexibility index (Phi) is 3.80. The third kappa shape index (κ3) is 2.64. The summed E-state index contributed by atoms with van der Waals surface area (Å²) in [5.74, 6) is 0.869. The lowest BCUT2D eigenvalue weighted by molar-refractivity contribution is -0.384. The number of halogens is 1. The molecule has 2 saturated carbocycles. The van der Waals surface area contributed by atoms with E-state index in [1.165, 1.54) is 24.4 Å². The van der Waals surface area contributed by atoms with Crippen LogP contribution in [0, 0.1) is 45.6 Å². The molecule has 1 aromatic heterocycles. The van der Waals surface area contributed by atoms with E-state index in [0.29, 0.717) is 33.9 Å². The van der Waals surface area contributed by atoms with E-state index < -0.39 is 4.92 Å². The number of non-ortho nitro benzene ring substituents is 1. The average Bonchev–Trinajstić information content (AvgIpc) is 3.40. The van der Waals surface area contributed by atoms with Crippen LogP contribution in [0.5, 0.6) is 0 Å². The SMILES string of the molecule is O=C1[C@@H]2[C@@H]3C=C[C@H]([C@@H]4C[C@H]34)[C@H]2C(=O)N1/N=C\c1ccc(-c2cc([N+](=O)[O-])ccc2Cl)o1. The average molecular weight is 438 g/mol. The van der Waals surface area contributed by atoms with Gasteiger partial charge in [0.2, 0.25) is 0 Å². The summed E-state index contributed by atoms with van der Waals surface area (Å²) < 4.78 is 5.69. The van der Waals surface area contributed by atoms with Crippen molar-refractivity contribution in [1.82, 2.24) is 5.01 Å². The molecule has 6 atom stereocenters. The second-order valence-corrected chi connectivity index (χ2v) is 8.92. The van der Waals surface area contributed by atoms with Gasteiger partial charge >= 0.3 is 0 Å². The van der Waals surface area contributed by atoms with Crippen LogP contribution in [0.2, 0.25) is 5.02 Å². The van der Waals surface area contributed by atoms with Crippen molar-refractivity contribution in [2.45, 2.75) is 6.42 Å². The number of carbonyl (C=O) groups excluding carboxylic acids is 2. The summed E-state index contributed by atoms with van der Waals surface area (Å²) in [4.78, 5) is 36.4. The van der Waals surface area contributed by atoms with E-state index in [0.717, 1.165) is 11.4 Å². The van der Waals surface area contributed by atoms with Crippen molar-refractivity contribution in [3.8, 4) is 11.3 Å². The van der Waals surface area contributed by atoms with Crippen LogP contribution in [-0.2, 0) is 9.59 Å². The number of amides is 2. The van der Waals surface area contributed by atoms with Gasteiger partial charge in [0.1, 0.15) is 11.5 Å². The van der Waals surface area contributed by atoms with Crippen molar-refractivity contribution in [1.29, 1.82) is 0 Å². The molecule has 0 spiro atoms. The van der Waals surface area contributed by atoms with Gasteiger partial charge in [0.05, 0.1) is 28.0 Å². The van der Waals surface area contributed by atoms with Crippen molar-refractivity contribution in [3.63, 3.8) is 0 Å².